The number of benzene rings is 4. The lowest BCUT2D eigenvalue weighted by molar-refractivity contribution is -0.135. The Morgan fingerprint density at radius 3 is 2.42 bits per heavy atom. The SMILES string of the molecule is COC(=O)Nc1ccc(-c2cccc3c2CCN(C(=O)/C=C/c2c(N4C=NNN4)ccc(Cl)c2F)[C@@H]3C(=O)Nc2ccc(F)cc2)cc1. The van der Waals surface area contributed by atoms with Gasteiger partial charge in [0.05, 0.1) is 17.8 Å². The maximum atomic E-state index is 15.2. The van der Waals surface area contributed by atoms with Crippen molar-refractivity contribution in [3.8, 4) is 11.1 Å². The number of hydrogen-bond acceptors (Lipinski definition) is 8. The lowest BCUT2D eigenvalue weighted by Gasteiger charge is -2.37. The van der Waals surface area contributed by atoms with E-state index in [-0.39, 0.29) is 17.1 Å². The van der Waals surface area contributed by atoms with Crippen molar-refractivity contribution in [1.82, 2.24) is 16.0 Å². The predicted octanol–water partition coefficient (Wildman–Crippen LogP) is 6.01. The number of nitrogens with zero attached hydrogens (tertiary/aromatic N) is 3. The van der Waals surface area contributed by atoms with Crippen LogP contribution in [0.4, 0.5) is 30.6 Å². The minimum absolute atomic E-state index is 0.0237. The van der Waals surface area contributed by atoms with Crippen LogP contribution in [0, 0.1) is 11.6 Å². The van der Waals surface area contributed by atoms with E-state index in [4.69, 9.17) is 11.6 Å². The fourth-order valence-corrected chi connectivity index (χ4v) is 5.77. The lowest BCUT2D eigenvalue weighted by atomic mass is 9.86. The van der Waals surface area contributed by atoms with E-state index in [2.05, 4.69) is 31.5 Å². The van der Waals surface area contributed by atoms with Crippen molar-refractivity contribution in [3.63, 3.8) is 0 Å². The van der Waals surface area contributed by atoms with E-state index in [1.54, 1.807) is 30.3 Å². The normalized spacial score (nSPS) is 15.2. The lowest BCUT2D eigenvalue weighted by Crippen LogP contribution is -2.45. The van der Waals surface area contributed by atoms with Gasteiger partial charge in [0.25, 0.3) is 5.91 Å². The highest BCUT2D eigenvalue weighted by Gasteiger charge is 2.36. The Morgan fingerprint density at radius 1 is 0.979 bits per heavy atom. The van der Waals surface area contributed by atoms with E-state index in [1.807, 2.05) is 18.2 Å². The molecule has 0 unspecified atom stereocenters. The van der Waals surface area contributed by atoms with Gasteiger partial charge in [0.1, 0.15) is 18.2 Å². The molecule has 4 N–H and O–H groups in total. The summed E-state index contributed by atoms with van der Waals surface area (Å²) >= 11 is 6.07. The largest absolute Gasteiger partial charge is 0.453 e. The quantitative estimate of drug-likeness (QED) is 0.177. The number of carbonyl (C=O) groups excluding carboxylic acids is 3. The second-order valence-corrected chi connectivity index (χ2v) is 11.1. The number of carbonyl (C=O) groups is 3. The van der Waals surface area contributed by atoms with Crippen molar-refractivity contribution in [2.24, 2.45) is 5.10 Å². The minimum Gasteiger partial charge on any atom is -0.453 e. The molecule has 4 aromatic rings. The van der Waals surface area contributed by atoms with Gasteiger partial charge >= 0.3 is 6.09 Å². The van der Waals surface area contributed by atoms with Gasteiger partial charge in [-0.1, -0.05) is 41.9 Å². The van der Waals surface area contributed by atoms with E-state index in [0.717, 1.165) is 16.7 Å². The zero-order chi connectivity index (χ0) is 33.8. The number of nitrogens with one attached hydrogen (secondary N) is 4. The molecular formula is C34H28ClF2N7O4. The highest BCUT2D eigenvalue weighted by atomic mass is 35.5. The Kier molecular flexibility index (Phi) is 9.32. The molecule has 4 aromatic carbocycles. The molecule has 0 saturated heterocycles. The van der Waals surface area contributed by atoms with Crippen LogP contribution in [0.5, 0.6) is 0 Å². The van der Waals surface area contributed by atoms with E-state index >= 15 is 4.39 Å². The van der Waals surface area contributed by atoms with Crippen LogP contribution in [0.1, 0.15) is 22.7 Å². The summed E-state index contributed by atoms with van der Waals surface area (Å²) in [5, 5.41) is 10.5. The molecule has 6 rings (SSSR count). The summed E-state index contributed by atoms with van der Waals surface area (Å²) in [6, 6.07) is 19.8. The molecule has 0 aromatic heterocycles. The summed E-state index contributed by atoms with van der Waals surface area (Å²) in [5.74, 6) is -2.27. The van der Waals surface area contributed by atoms with Crippen LogP contribution in [-0.4, -0.2) is 42.8 Å². The Balaban J connectivity index is 1.35. The molecule has 3 amide bonds. The molecule has 2 aliphatic heterocycles. The van der Waals surface area contributed by atoms with E-state index < -0.39 is 35.6 Å². The number of hydrazone groups is 1. The summed E-state index contributed by atoms with van der Waals surface area (Å²) in [5.41, 5.74) is 9.63. The molecule has 244 valence electrons. The fourth-order valence-electron chi connectivity index (χ4n) is 5.60. The number of anilines is 3. The van der Waals surface area contributed by atoms with Gasteiger partial charge in [0.15, 0.2) is 5.82 Å². The molecule has 2 aliphatic rings. The zero-order valence-electron chi connectivity index (χ0n) is 25.3. The van der Waals surface area contributed by atoms with Gasteiger partial charge in [-0.3, -0.25) is 14.9 Å². The number of ether oxygens (including phenoxy) is 1. The van der Waals surface area contributed by atoms with Crippen molar-refractivity contribution in [2.45, 2.75) is 12.5 Å². The minimum atomic E-state index is -1.09. The highest BCUT2D eigenvalue weighted by Crippen LogP contribution is 2.38. The maximum Gasteiger partial charge on any atom is 0.411 e. The standard InChI is InChI=1S/C34H28ClF2N7O4/c1-48-34(47)40-23-9-5-20(6-10-23)24-3-2-4-26-25(24)17-18-43(32(26)33(46)39-22-11-7-21(36)8-12-22)30(45)16-13-27-29(44-19-38-41-42-44)15-14-28(35)31(27)37/h2-16,19,32,41-42H,17-18H2,1H3,(H,39,46)(H,40,47)/b16-13+/t32-/m0/s1. The third kappa shape index (κ3) is 6.68. The van der Waals surface area contributed by atoms with Crippen molar-refractivity contribution >= 4 is 59.0 Å². The Hall–Kier alpha value is -5.79. The van der Waals surface area contributed by atoms with Crippen LogP contribution < -0.4 is 26.7 Å². The number of halogens is 3. The first-order chi connectivity index (χ1) is 23.2. The van der Waals surface area contributed by atoms with Crippen molar-refractivity contribution in [2.75, 3.05) is 29.3 Å². The molecule has 0 bridgehead atoms. The predicted molar refractivity (Wildman–Crippen MR) is 179 cm³/mol. The summed E-state index contributed by atoms with van der Waals surface area (Å²) in [7, 11) is 1.28. The summed E-state index contributed by atoms with van der Waals surface area (Å²) in [4.78, 5) is 40.9. The third-order valence-electron chi connectivity index (χ3n) is 7.86. The van der Waals surface area contributed by atoms with Crippen LogP contribution in [0.25, 0.3) is 17.2 Å². The molecule has 11 nitrogen and oxygen atoms in total. The van der Waals surface area contributed by atoms with Crippen molar-refractivity contribution in [3.05, 3.63) is 118 Å². The van der Waals surface area contributed by atoms with E-state index in [1.165, 1.54) is 65.8 Å². The molecule has 0 radical (unpaired) electrons. The van der Waals surface area contributed by atoms with Gasteiger partial charge in [-0.2, -0.15) is 5.10 Å². The smallest absolute Gasteiger partial charge is 0.411 e. The molecule has 1 atom stereocenters. The molecule has 48 heavy (non-hydrogen) atoms. The average Bonchev–Trinajstić information content (AvgIpc) is 3.64. The zero-order valence-corrected chi connectivity index (χ0v) is 26.1. The number of fused-ring (bicyclic) bond motifs is 1. The van der Waals surface area contributed by atoms with Crippen molar-refractivity contribution < 1.29 is 27.9 Å². The molecule has 2 heterocycles. The third-order valence-corrected chi connectivity index (χ3v) is 8.15. The average molecular weight is 672 g/mol. The topological polar surface area (TPSA) is 127 Å². The Bertz CT molecular complexity index is 1940. The summed E-state index contributed by atoms with van der Waals surface area (Å²) < 4.78 is 33.5. The maximum absolute atomic E-state index is 15.2. The summed E-state index contributed by atoms with van der Waals surface area (Å²) in [6.45, 7) is 0.159. The van der Waals surface area contributed by atoms with Crippen LogP contribution in [-0.2, 0) is 20.7 Å². The van der Waals surface area contributed by atoms with Gasteiger partial charge in [0.2, 0.25) is 5.91 Å². The van der Waals surface area contributed by atoms with Crippen LogP contribution in [0.2, 0.25) is 5.02 Å². The van der Waals surface area contributed by atoms with Gasteiger partial charge in [-0.25, -0.2) is 24.1 Å². The van der Waals surface area contributed by atoms with E-state index in [9.17, 15) is 18.8 Å². The molecule has 0 fully saturated rings. The molecular weight excluding hydrogens is 644 g/mol. The molecule has 0 spiro atoms. The van der Waals surface area contributed by atoms with Gasteiger partial charge in [-0.05, 0) is 83.3 Å². The van der Waals surface area contributed by atoms with Crippen LogP contribution >= 0.6 is 11.6 Å². The van der Waals surface area contributed by atoms with Crippen LogP contribution in [0.15, 0.2) is 90.0 Å². The number of methoxy groups -OCH3 is 1. The second-order valence-electron chi connectivity index (χ2n) is 10.7. The monoisotopic (exact) mass is 671 g/mol. The highest BCUT2D eigenvalue weighted by molar-refractivity contribution is 6.31. The Labute approximate surface area is 278 Å². The van der Waals surface area contributed by atoms with Gasteiger partial charge < -0.3 is 15.0 Å². The van der Waals surface area contributed by atoms with Gasteiger partial charge in [-0.15, -0.1) is 5.53 Å². The number of amides is 3. The van der Waals surface area contributed by atoms with Crippen LogP contribution in [0.3, 0.4) is 0 Å². The molecule has 0 aliphatic carbocycles. The first-order valence-electron chi connectivity index (χ1n) is 14.7. The number of rotatable bonds is 7. The van der Waals surface area contributed by atoms with E-state index in [0.29, 0.717) is 29.0 Å². The summed E-state index contributed by atoms with van der Waals surface area (Å²) in [6.07, 6.45) is 3.70. The molecule has 14 heteroatoms. The first kappa shape index (κ1) is 32.2. The molecule has 0 saturated carbocycles. The fraction of sp³-hybridized carbons (Fsp3) is 0.118. The second kappa shape index (κ2) is 13.9. The first-order valence-corrected chi connectivity index (χ1v) is 15.0. The number of hydrazine groups is 2. The van der Waals surface area contributed by atoms with Gasteiger partial charge in [0, 0.05) is 29.6 Å². The number of hydrogen-bond donors (Lipinski definition) is 4. The Morgan fingerprint density at radius 2 is 1.71 bits per heavy atom. The van der Waals surface area contributed by atoms with Crippen molar-refractivity contribution in [1.29, 1.82) is 0 Å².